The monoisotopic (exact) mass is 421 g/mol. The van der Waals surface area contributed by atoms with Gasteiger partial charge in [0.1, 0.15) is 0 Å². The number of nitrogens with zero attached hydrogens (tertiary/aromatic N) is 1. The Morgan fingerprint density at radius 2 is 1.31 bits per heavy atom. The van der Waals surface area contributed by atoms with Gasteiger partial charge in [-0.1, -0.05) is 98.1 Å². The van der Waals surface area contributed by atoms with Crippen LogP contribution in [0, 0.1) is 0 Å². The van der Waals surface area contributed by atoms with Crippen molar-refractivity contribution in [1.29, 1.82) is 0 Å². The molecule has 2 aliphatic rings. The Labute approximate surface area is 191 Å². The number of hydrogen-bond acceptors (Lipinski definition) is 2. The van der Waals surface area contributed by atoms with Crippen molar-refractivity contribution in [3.05, 3.63) is 101 Å². The smallest absolute Gasteiger partial charge is 0.0744 e. The van der Waals surface area contributed by atoms with Crippen LogP contribution < -0.4 is 0 Å². The third-order valence-corrected chi connectivity index (χ3v) is 6.65. The summed E-state index contributed by atoms with van der Waals surface area (Å²) in [6.07, 6.45) is 6.25. The maximum Gasteiger partial charge on any atom is 0.0744 e. The molecule has 1 saturated carbocycles. The van der Waals surface area contributed by atoms with Crippen LogP contribution in [0.15, 0.2) is 89.4 Å². The average molecular weight is 422 g/mol. The summed E-state index contributed by atoms with van der Waals surface area (Å²) in [5, 5.41) is 0. The third-order valence-electron chi connectivity index (χ3n) is 6.65. The minimum absolute atomic E-state index is 0.392. The fourth-order valence-electron chi connectivity index (χ4n) is 5.12. The molecule has 3 aromatic rings. The van der Waals surface area contributed by atoms with Gasteiger partial charge in [0.2, 0.25) is 0 Å². The highest BCUT2D eigenvalue weighted by Crippen LogP contribution is 2.46. The lowest BCUT2D eigenvalue weighted by Gasteiger charge is -2.22. The van der Waals surface area contributed by atoms with Crippen LogP contribution in [0.1, 0.15) is 55.7 Å². The molecule has 32 heavy (non-hydrogen) atoms. The van der Waals surface area contributed by atoms with Crippen molar-refractivity contribution in [3.8, 4) is 11.1 Å². The maximum absolute atomic E-state index is 6.09. The first kappa shape index (κ1) is 20.9. The van der Waals surface area contributed by atoms with Crippen molar-refractivity contribution in [2.24, 2.45) is 4.99 Å². The summed E-state index contributed by atoms with van der Waals surface area (Å²) >= 11 is 0. The van der Waals surface area contributed by atoms with Crippen molar-refractivity contribution in [3.63, 3.8) is 0 Å². The molecule has 0 saturated heterocycles. The number of ether oxygens (including phenoxy) is 1. The molecule has 0 aliphatic heterocycles. The number of hydrogen-bond donors (Lipinski definition) is 0. The van der Waals surface area contributed by atoms with Crippen LogP contribution in [-0.4, -0.2) is 25.0 Å². The Morgan fingerprint density at radius 3 is 1.91 bits per heavy atom. The van der Waals surface area contributed by atoms with Gasteiger partial charge in [0, 0.05) is 17.7 Å². The lowest BCUT2D eigenvalue weighted by atomic mass is 9.90. The molecule has 0 N–H and O–H groups in total. The van der Waals surface area contributed by atoms with Crippen LogP contribution in [0.2, 0.25) is 0 Å². The van der Waals surface area contributed by atoms with Crippen molar-refractivity contribution < 1.29 is 4.74 Å². The molecule has 0 spiro atoms. The topological polar surface area (TPSA) is 21.6 Å². The van der Waals surface area contributed by atoms with Gasteiger partial charge in [0.05, 0.1) is 18.4 Å². The van der Waals surface area contributed by atoms with Crippen molar-refractivity contribution in [2.45, 2.75) is 45.1 Å². The van der Waals surface area contributed by atoms with Crippen LogP contribution in [-0.2, 0) is 4.74 Å². The van der Waals surface area contributed by atoms with E-state index in [0.29, 0.717) is 19.3 Å². The molecule has 2 nitrogen and oxygen atoms in total. The molecule has 5 rings (SSSR count). The molecule has 0 heterocycles. The molecule has 0 atom stereocenters. The fourth-order valence-corrected chi connectivity index (χ4v) is 5.12. The predicted molar refractivity (Wildman–Crippen MR) is 134 cm³/mol. The van der Waals surface area contributed by atoms with E-state index in [4.69, 9.17) is 9.73 Å². The summed E-state index contributed by atoms with van der Waals surface area (Å²) < 4.78 is 6.09. The third kappa shape index (κ3) is 4.08. The molecule has 3 aromatic carbocycles. The van der Waals surface area contributed by atoms with E-state index in [9.17, 15) is 0 Å². The zero-order valence-electron chi connectivity index (χ0n) is 18.9. The summed E-state index contributed by atoms with van der Waals surface area (Å²) in [5.74, 6) is 0. The predicted octanol–water partition coefficient (Wildman–Crippen LogP) is 7.33. The minimum atomic E-state index is 0.392. The molecule has 0 bridgehead atoms. The van der Waals surface area contributed by atoms with E-state index in [1.54, 1.807) is 0 Å². The quantitative estimate of drug-likeness (QED) is 0.299. The first-order chi connectivity index (χ1) is 15.9. The average Bonchev–Trinajstić information content (AvgIpc) is 3.19. The summed E-state index contributed by atoms with van der Waals surface area (Å²) in [5.41, 5.74) is 9.96. The highest BCUT2D eigenvalue weighted by molar-refractivity contribution is 6.20. The van der Waals surface area contributed by atoms with E-state index < -0.39 is 0 Å². The summed E-state index contributed by atoms with van der Waals surface area (Å²) in [7, 11) is 0. The fraction of sp³-hybridized carbons (Fsp3) is 0.300. The lowest BCUT2D eigenvalue weighted by Crippen LogP contribution is -2.19. The minimum Gasteiger partial charge on any atom is -0.377 e. The van der Waals surface area contributed by atoms with Gasteiger partial charge in [-0.05, 0) is 47.6 Å². The summed E-state index contributed by atoms with van der Waals surface area (Å²) in [4.78, 5) is 5.43. The summed E-state index contributed by atoms with van der Waals surface area (Å²) in [6, 6.07) is 28.6. The van der Waals surface area contributed by atoms with Gasteiger partial charge in [-0.2, -0.15) is 0 Å². The SMILES string of the molecule is CCOCC(C(=NC1CCCCC1)c1ccccc1)=C1c2ccccc2-c2ccccc21. The van der Waals surface area contributed by atoms with Crippen LogP contribution in [0.5, 0.6) is 0 Å². The van der Waals surface area contributed by atoms with Gasteiger partial charge in [-0.15, -0.1) is 0 Å². The summed E-state index contributed by atoms with van der Waals surface area (Å²) in [6.45, 7) is 3.32. The second-order valence-electron chi connectivity index (χ2n) is 8.72. The number of fused-ring (bicyclic) bond motifs is 3. The van der Waals surface area contributed by atoms with Crippen molar-refractivity contribution >= 4 is 11.3 Å². The first-order valence-corrected chi connectivity index (χ1v) is 12.0. The Kier molecular flexibility index (Phi) is 6.31. The first-order valence-electron chi connectivity index (χ1n) is 12.0. The van der Waals surface area contributed by atoms with E-state index in [1.165, 1.54) is 71.1 Å². The zero-order valence-corrected chi connectivity index (χ0v) is 18.9. The molecule has 2 heteroatoms. The highest BCUT2D eigenvalue weighted by Gasteiger charge is 2.28. The van der Waals surface area contributed by atoms with Gasteiger partial charge in [0.25, 0.3) is 0 Å². The second kappa shape index (κ2) is 9.67. The van der Waals surface area contributed by atoms with Crippen LogP contribution >= 0.6 is 0 Å². The molecule has 0 amide bonds. The Hall–Kier alpha value is -2.97. The van der Waals surface area contributed by atoms with E-state index in [1.807, 2.05) is 0 Å². The Balaban J connectivity index is 1.76. The molecular formula is C30H31NO. The second-order valence-corrected chi connectivity index (χ2v) is 8.72. The molecule has 0 aromatic heterocycles. The van der Waals surface area contributed by atoms with E-state index in [-0.39, 0.29) is 0 Å². The zero-order chi connectivity index (χ0) is 21.8. The van der Waals surface area contributed by atoms with Gasteiger partial charge in [-0.25, -0.2) is 0 Å². The van der Waals surface area contributed by atoms with Gasteiger partial charge < -0.3 is 4.74 Å². The van der Waals surface area contributed by atoms with Gasteiger partial charge in [-0.3, -0.25) is 4.99 Å². The number of aliphatic imine (C=N–C) groups is 1. The molecule has 2 aliphatic carbocycles. The van der Waals surface area contributed by atoms with Gasteiger partial charge in [0.15, 0.2) is 0 Å². The molecule has 0 radical (unpaired) electrons. The van der Waals surface area contributed by atoms with Crippen LogP contribution in [0.4, 0.5) is 0 Å². The number of rotatable bonds is 6. The maximum atomic E-state index is 6.09. The number of benzene rings is 3. The Morgan fingerprint density at radius 1 is 0.750 bits per heavy atom. The van der Waals surface area contributed by atoms with Gasteiger partial charge >= 0.3 is 0 Å². The largest absolute Gasteiger partial charge is 0.377 e. The molecule has 1 fully saturated rings. The Bertz CT molecular complexity index is 1090. The van der Waals surface area contributed by atoms with E-state index >= 15 is 0 Å². The van der Waals surface area contributed by atoms with Crippen molar-refractivity contribution in [1.82, 2.24) is 0 Å². The van der Waals surface area contributed by atoms with E-state index in [2.05, 4.69) is 85.8 Å². The molecular weight excluding hydrogens is 390 g/mol. The van der Waals surface area contributed by atoms with Crippen LogP contribution in [0.25, 0.3) is 16.7 Å². The van der Waals surface area contributed by atoms with Crippen LogP contribution in [0.3, 0.4) is 0 Å². The standard InChI is InChI=1S/C30H31NO/c1-2-32-21-28(29-26-19-11-9-17-24(26)25-18-10-12-20-27(25)29)30(22-13-5-3-6-14-22)31-23-15-7-4-8-16-23/h3,5-6,9-14,17-20,23H,2,4,7-8,15-16,21H2,1H3. The lowest BCUT2D eigenvalue weighted by molar-refractivity contribution is 0.174. The van der Waals surface area contributed by atoms with E-state index in [0.717, 1.165) is 5.71 Å². The van der Waals surface area contributed by atoms with Crippen molar-refractivity contribution in [2.75, 3.05) is 13.2 Å². The molecule has 0 unspecified atom stereocenters. The molecule has 162 valence electrons. The highest BCUT2D eigenvalue weighted by atomic mass is 16.5. The normalized spacial score (nSPS) is 16.0.